The number of hydrogen-bond donors (Lipinski definition) is 0. The summed E-state index contributed by atoms with van der Waals surface area (Å²) in [6, 6.07) is 3.49. The SMILES string of the molecule is [2H]C([2H])([2H])Oc1cccc(OC([2H])([2H])[2H])c1OC([2H])([2H])[2H]. The third kappa shape index (κ3) is 1.44. The summed E-state index contributed by atoms with van der Waals surface area (Å²) in [5.41, 5.74) is 0. The number of ether oxygens (including phenoxy) is 3. The zero-order valence-corrected chi connectivity index (χ0v) is 5.96. The van der Waals surface area contributed by atoms with Crippen LogP contribution in [0.3, 0.4) is 0 Å². The van der Waals surface area contributed by atoms with Gasteiger partial charge in [-0.1, -0.05) is 6.07 Å². The fourth-order valence-corrected chi connectivity index (χ4v) is 0.757. The lowest BCUT2D eigenvalue weighted by molar-refractivity contribution is 0.324. The van der Waals surface area contributed by atoms with Gasteiger partial charge in [0.05, 0.1) is 33.5 Å². The molecule has 0 heterocycles. The Labute approximate surface area is 84.5 Å². The summed E-state index contributed by atoms with van der Waals surface area (Å²) in [6.45, 7) is 0. The molecule has 1 rings (SSSR count). The van der Waals surface area contributed by atoms with Crippen LogP contribution in [0.15, 0.2) is 18.2 Å². The van der Waals surface area contributed by atoms with Crippen molar-refractivity contribution in [3.63, 3.8) is 0 Å². The highest BCUT2D eigenvalue weighted by atomic mass is 16.5. The molecule has 0 bridgehead atoms. The van der Waals surface area contributed by atoms with Crippen molar-refractivity contribution in [2.24, 2.45) is 0 Å². The van der Waals surface area contributed by atoms with Crippen molar-refractivity contribution in [3.05, 3.63) is 18.2 Å². The first-order valence-corrected chi connectivity index (χ1v) is 2.97. The fourth-order valence-electron chi connectivity index (χ4n) is 0.757. The molecule has 66 valence electrons. The zero-order chi connectivity index (χ0) is 16.5. The molecule has 3 nitrogen and oxygen atoms in total. The minimum absolute atomic E-state index is 0.465. The van der Waals surface area contributed by atoms with E-state index in [-0.39, 0.29) is 0 Å². The highest BCUT2D eigenvalue weighted by Gasteiger charge is 2.08. The Kier molecular flexibility index (Phi) is 0.820. The van der Waals surface area contributed by atoms with Crippen LogP contribution < -0.4 is 14.2 Å². The van der Waals surface area contributed by atoms with Gasteiger partial charge in [0.2, 0.25) is 5.75 Å². The topological polar surface area (TPSA) is 27.7 Å². The van der Waals surface area contributed by atoms with E-state index in [0.29, 0.717) is 0 Å². The van der Waals surface area contributed by atoms with E-state index in [1.165, 1.54) is 6.07 Å². The minimum Gasteiger partial charge on any atom is -0.493 e. The molecular weight excluding hydrogens is 156 g/mol. The van der Waals surface area contributed by atoms with Crippen LogP contribution in [0.1, 0.15) is 12.3 Å². The van der Waals surface area contributed by atoms with E-state index in [4.69, 9.17) is 12.3 Å². The summed E-state index contributed by atoms with van der Waals surface area (Å²) in [4.78, 5) is 0. The fraction of sp³-hybridized carbons (Fsp3) is 0.333. The van der Waals surface area contributed by atoms with Crippen molar-refractivity contribution in [3.8, 4) is 17.2 Å². The third-order valence-electron chi connectivity index (χ3n) is 1.26. The molecule has 0 saturated carbocycles. The lowest BCUT2D eigenvalue weighted by Crippen LogP contribution is -1.93. The second-order valence-corrected chi connectivity index (χ2v) is 1.89. The van der Waals surface area contributed by atoms with Crippen LogP contribution in [0.25, 0.3) is 0 Å². The smallest absolute Gasteiger partial charge is 0.203 e. The van der Waals surface area contributed by atoms with E-state index in [9.17, 15) is 0 Å². The van der Waals surface area contributed by atoms with Gasteiger partial charge in [-0.3, -0.25) is 0 Å². The maximum Gasteiger partial charge on any atom is 0.203 e. The standard InChI is InChI=1S/C9H12O3/c1-10-7-5-4-6-8(11-2)9(7)12-3/h4-6H,1-3H3/i1D3,2D3,3D3. The van der Waals surface area contributed by atoms with Gasteiger partial charge in [0, 0.05) is 0 Å². The van der Waals surface area contributed by atoms with Crippen molar-refractivity contribution in [2.75, 3.05) is 21.1 Å². The molecular formula is C9H12O3. The van der Waals surface area contributed by atoms with Gasteiger partial charge in [0.1, 0.15) is 0 Å². The van der Waals surface area contributed by atoms with Crippen LogP contribution in [0, 0.1) is 0 Å². The van der Waals surface area contributed by atoms with Crippen molar-refractivity contribution in [1.82, 2.24) is 0 Å². The Balaban J connectivity index is 3.27. The minimum atomic E-state index is -2.94. The quantitative estimate of drug-likeness (QED) is 0.703. The van der Waals surface area contributed by atoms with Gasteiger partial charge in [-0.25, -0.2) is 0 Å². The maximum atomic E-state index is 7.04. The summed E-state index contributed by atoms with van der Waals surface area (Å²) in [6.07, 6.45) is 0. The lowest BCUT2D eigenvalue weighted by atomic mass is 10.3. The van der Waals surface area contributed by atoms with Crippen LogP contribution in [-0.2, 0) is 0 Å². The molecule has 0 radical (unpaired) electrons. The Morgan fingerprint density at radius 1 is 1.00 bits per heavy atom. The lowest BCUT2D eigenvalue weighted by Gasteiger charge is -2.10. The van der Waals surface area contributed by atoms with E-state index < -0.39 is 38.4 Å². The van der Waals surface area contributed by atoms with E-state index >= 15 is 0 Å². The molecule has 1 aromatic carbocycles. The summed E-state index contributed by atoms with van der Waals surface area (Å²) in [5.74, 6) is -1.55. The summed E-state index contributed by atoms with van der Waals surface area (Å²) < 4.78 is 77.0. The first kappa shape index (κ1) is 2.55. The molecule has 0 aromatic heterocycles. The second kappa shape index (κ2) is 3.85. The average Bonchev–Trinajstić information content (AvgIpc) is 2.16. The third-order valence-corrected chi connectivity index (χ3v) is 1.26. The molecule has 0 aliphatic carbocycles. The van der Waals surface area contributed by atoms with Crippen molar-refractivity contribution in [1.29, 1.82) is 0 Å². The Morgan fingerprint density at radius 2 is 1.58 bits per heavy atom. The first-order chi connectivity index (χ1) is 9.27. The van der Waals surface area contributed by atoms with Crippen LogP contribution in [0.2, 0.25) is 0 Å². The van der Waals surface area contributed by atoms with Gasteiger partial charge in [-0.15, -0.1) is 0 Å². The Bertz CT molecular complexity index is 454. The van der Waals surface area contributed by atoms with Crippen LogP contribution in [-0.4, -0.2) is 21.1 Å². The molecule has 0 unspecified atom stereocenters. The highest BCUT2D eigenvalue weighted by Crippen LogP contribution is 2.35. The highest BCUT2D eigenvalue weighted by molar-refractivity contribution is 5.50. The Morgan fingerprint density at radius 3 is 2.08 bits per heavy atom. The van der Waals surface area contributed by atoms with Crippen LogP contribution >= 0.6 is 0 Å². The van der Waals surface area contributed by atoms with Crippen molar-refractivity contribution < 1.29 is 26.5 Å². The van der Waals surface area contributed by atoms with Gasteiger partial charge < -0.3 is 14.2 Å². The zero-order valence-electron chi connectivity index (χ0n) is 15.0. The van der Waals surface area contributed by atoms with Gasteiger partial charge >= 0.3 is 0 Å². The predicted octanol–water partition coefficient (Wildman–Crippen LogP) is 1.71. The average molecular weight is 177 g/mol. The molecule has 0 amide bonds. The molecule has 3 heteroatoms. The summed E-state index contributed by atoms with van der Waals surface area (Å²) >= 11 is 0. The number of methoxy groups -OCH3 is 3. The van der Waals surface area contributed by atoms with Crippen molar-refractivity contribution in [2.45, 2.75) is 0 Å². The molecule has 0 saturated heterocycles. The largest absolute Gasteiger partial charge is 0.493 e. The second-order valence-electron chi connectivity index (χ2n) is 1.89. The molecule has 0 N–H and O–H groups in total. The van der Waals surface area contributed by atoms with Crippen LogP contribution in [0.5, 0.6) is 17.2 Å². The molecule has 0 spiro atoms. The van der Waals surface area contributed by atoms with Gasteiger partial charge in [-0.05, 0) is 12.1 Å². The summed E-state index contributed by atoms with van der Waals surface area (Å²) in [7, 11) is -8.68. The number of benzene rings is 1. The predicted molar refractivity (Wildman–Crippen MR) is 46.1 cm³/mol. The molecule has 1 aromatic rings. The number of hydrogen-bond acceptors (Lipinski definition) is 3. The Hall–Kier alpha value is -1.38. The van der Waals surface area contributed by atoms with Gasteiger partial charge in [0.15, 0.2) is 11.5 Å². The number of rotatable bonds is 3. The van der Waals surface area contributed by atoms with E-state index in [0.717, 1.165) is 12.1 Å². The number of para-hydroxylation sites is 1. The molecule has 0 aliphatic rings. The molecule has 12 heavy (non-hydrogen) atoms. The summed E-state index contributed by atoms with van der Waals surface area (Å²) in [5, 5.41) is 0. The van der Waals surface area contributed by atoms with E-state index in [1.807, 2.05) is 0 Å². The maximum absolute atomic E-state index is 7.04. The van der Waals surface area contributed by atoms with Gasteiger partial charge in [0.25, 0.3) is 0 Å². The van der Waals surface area contributed by atoms with Crippen LogP contribution in [0.4, 0.5) is 0 Å². The first-order valence-electron chi connectivity index (χ1n) is 7.47. The molecule has 0 fully saturated rings. The van der Waals surface area contributed by atoms with Crippen molar-refractivity contribution >= 4 is 0 Å². The van der Waals surface area contributed by atoms with E-state index in [2.05, 4.69) is 14.2 Å². The van der Waals surface area contributed by atoms with E-state index in [1.54, 1.807) is 0 Å². The molecule has 0 aliphatic heterocycles. The monoisotopic (exact) mass is 177 g/mol. The van der Waals surface area contributed by atoms with Gasteiger partial charge in [-0.2, -0.15) is 0 Å². The normalized spacial score (nSPS) is 23.5. The molecule has 0 atom stereocenters.